The molecule has 2 heterocycles. The van der Waals surface area contributed by atoms with Gasteiger partial charge in [0, 0.05) is 52.4 Å². The molecule has 2 saturated heterocycles. The Labute approximate surface area is 157 Å². The first-order valence-electron chi connectivity index (χ1n) is 10.1. The van der Waals surface area contributed by atoms with Gasteiger partial charge in [-0.05, 0) is 36.7 Å². The fourth-order valence-electron chi connectivity index (χ4n) is 4.26. The highest BCUT2D eigenvalue weighted by Crippen LogP contribution is 2.33. The van der Waals surface area contributed by atoms with E-state index in [4.69, 9.17) is 4.74 Å². The summed E-state index contributed by atoms with van der Waals surface area (Å²) >= 11 is 0. The predicted molar refractivity (Wildman–Crippen MR) is 105 cm³/mol. The summed E-state index contributed by atoms with van der Waals surface area (Å²) in [5.74, 6) is 2.58. The van der Waals surface area contributed by atoms with Gasteiger partial charge >= 0.3 is 0 Å². The lowest BCUT2D eigenvalue weighted by molar-refractivity contribution is 0.139. The molecule has 3 unspecified atom stereocenters. The molecule has 0 aromatic heterocycles. The van der Waals surface area contributed by atoms with Crippen molar-refractivity contribution in [1.29, 1.82) is 0 Å². The van der Waals surface area contributed by atoms with E-state index in [0.717, 1.165) is 57.2 Å². The summed E-state index contributed by atoms with van der Waals surface area (Å²) in [4.78, 5) is 9.58. The molecule has 1 aliphatic carbocycles. The van der Waals surface area contributed by atoms with Gasteiger partial charge in [0.1, 0.15) is 0 Å². The Morgan fingerprint density at radius 1 is 1.19 bits per heavy atom. The number of piperazine rings is 1. The van der Waals surface area contributed by atoms with E-state index in [1.807, 2.05) is 7.05 Å². The van der Waals surface area contributed by atoms with Gasteiger partial charge in [0.25, 0.3) is 0 Å². The van der Waals surface area contributed by atoms with Crippen LogP contribution in [-0.2, 0) is 11.2 Å². The topological polar surface area (TPSA) is 40.1 Å². The molecule has 5 nitrogen and oxygen atoms in total. The van der Waals surface area contributed by atoms with Crippen LogP contribution >= 0.6 is 0 Å². The Bertz CT molecular complexity index is 591. The fraction of sp³-hybridized carbons (Fsp3) is 0.667. The zero-order valence-electron chi connectivity index (χ0n) is 15.9. The maximum absolute atomic E-state index is 5.51. The lowest BCUT2D eigenvalue weighted by Gasteiger charge is -2.37. The van der Waals surface area contributed by atoms with Crippen LogP contribution in [0.3, 0.4) is 0 Å². The standard InChI is InChI=1S/C21H32N4O/c1-22-21(23-20-14-19(20)13-17-5-3-2-4-6-17)25-10-8-24(9-11-25)15-18-7-12-26-16-18/h2-6,18-20H,7-16H2,1H3,(H,22,23). The number of benzene rings is 1. The molecule has 0 amide bonds. The molecule has 3 fully saturated rings. The average Bonchev–Trinajstić information content (AvgIpc) is 3.19. The molecule has 3 aliphatic rings. The summed E-state index contributed by atoms with van der Waals surface area (Å²) in [5, 5.41) is 3.71. The second-order valence-corrected chi connectivity index (χ2v) is 8.00. The molecule has 0 radical (unpaired) electrons. The van der Waals surface area contributed by atoms with Gasteiger partial charge in [-0.25, -0.2) is 0 Å². The van der Waals surface area contributed by atoms with Crippen LogP contribution in [0.1, 0.15) is 18.4 Å². The van der Waals surface area contributed by atoms with Crippen LogP contribution in [0.4, 0.5) is 0 Å². The maximum atomic E-state index is 5.51. The molecule has 26 heavy (non-hydrogen) atoms. The lowest BCUT2D eigenvalue weighted by atomic mass is 10.1. The second-order valence-electron chi connectivity index (χ2n) is 8.00. The number of aliphatic imine (C=N–C) groups is 1. The van der Waals surface area contributed by atoms with Gasteiger partial charge < -0.3 is 15.0 Å². The SMILES string of the molecule is CN=C(NC1CC1Cc1ccccc1)N1CCN(CC2CCOC2)CC1. The van der Waals surface area contributed by atoms with Gasteiger partial charge in [0.2, 0.25) is 0 Å². The maximum Gasteiger partial charge on any atom is 0.193 e. The van der Waals surface area contributed by atoms with Gasteiger partial charge in [-0.2, -0.15) is 0 Å². The number of ether oxygens (including phenoxy) is 1. The minimum absolute atomic E-state index is 0.586. The average molecular weight is 357 g/mol. The van der Waals surface area contributed by atoms with Crippen molar-refractivity contribution in [2.75, 3.05) is 53.0 Å². The summed E-state index contributed by atoms with van der Waals surface area (Å²) in [6.07, 6.45) is 3.66. The molecule has 1 N–H and O–H groups in total. The van der Waals surface area contributed by atoms with Gasteiger partial charge in [-0.1, -0.05) is 30.3 Å². The Kier molecular flexibility index (Phi) is 5.75. The number of nitrogens with zero attached hydrogens (tertiary/aromatic N) is 3. The number of rotatable bonds is 5. The van der Waals surface area contributed by atoms with Crippen LogP contribution in [0.2, 0.25) is 0 Å². The molecule has 2 aliphatic heterocycles. The highest BCUT2D eigenvalue weighted by atomic mass is 16.5. The molecular formula is C21H32N4O. The minimum Gasteiger partial charge on any atom is -0.381 e. The monoisotopic (exact) mass is 356 g/mol. The summed E-state index contributed by atoms with van der Waals surface area (Å²) < 4.78 is 5.51. The molecule has 5 heteroatoms. The summed E-state index contributed by atoms with van der Waals surface area (Å²) in [6, 6.07) is 11.4. The highest BCUT2D eigenvalue weighted by molar-refractivity contribution is 5.80. The summed E-state index contributed by atoms with van der Waals surface area (Å²) in [5.41, 5.74) is 1.45. The van der Waals surface area contributed by atoms with Crippen molar-refractivity contribution in [3.8, 4) is 0 Å². The van der Waals surface area contributed by atoms with Crippen molar-refractivity contribution in [3.05, 3.63) is 35.9 Å². The third-order valence-electron chi connectivity index (χ3n) is 6.00. The summed E-state index contributed by atoms with van der Waals surface area (Å²) in [7, 11) is 1.92. The van der Waals surface area contributed by atoms with Gasteiger partial charge in [-0.15, -0.1) is 0 Å². The Balaban J connectivity index is 1.20. The van der Waals surface area contributed by atoms with E-state index in [-0.39, 0.29) is 0 Å². The van der Waals surface area contributed by atoms with Crippen molar-refractivity contribution >= 4 is 5.96 Å². The van der Waals surface area contributed by atoms with E-state index in [1.165, 1.54) is 31.4 Å². The smallest absolute Gasteiger partial charge is 0.193 e. The number of hydrogen-bond acceptors (Lipinski definition) is 3. The Morgan fingerprint density at radius 2 is 2.00 bits per heavy atom. The molecule has 142 valence electrons. The third-order valence-corrected chi connectivity index (χ3v) is 6.00. The molecule has 1 saturated carbocycles. The molecule has 0 bridgehead atoms. The first-order chi connectivity index (χ1) is 12.8. The first-order valence-corrected chi connectivity index (χ1v) is 10.1. The number of nitrogens with one attached hydrogen (secondary N) is 1. The molecule has 4 rings (SSSR count). The van der Waals surface area contributed by atoms with E-state index < -0.39 is 0 Å². The molecule has 1 aromatic carbocycles. The molecule has 0 spiro atoms. The quantitative estimate of drug-likeness (QED) is 0.646. The minimum atomic E-state index is 0.586. The van der Waals surface area contributed by atoms with Crippen LogP contribution in [0, 0.1) is 11.8 Å². The van der Waals surface area contributed by atoms with E-state index >= 15 is 0 Å². The van der Waals surface area contributed by atoms with Crippen LogP contribution in [-0.4, -0.2) is 74.8 Å². The van der Waals surface area contributed by atoms with E-state index in [9.17, 15) is 0 Å². The van der Waals surface area contributed by atoms with E-state index in [2.05, 4.69) is 50.4 Å². The van der Waals surface area contributed by atoms with Crippen molar-refractivity contribution in [2.45, 2.75) is 25.3 Å². The largest absolute Gasteiger partial charge is 0.381 e. The number of guanidine groups is 1. The fourth-order valence-corrected chi connectivity index (χ4v) is 4.26. The molecule has 1 aromatic rings. The number of hydrogen-bond donors (Lipinski definition) is 1. The summed E-state index contributed by atoms with van der Waals surface area (Å²) in [6.45, 7) is 7.51. The predicted octanol–water partition coefficient (Wildman–Crippen LogP) is 1.85. The van der Waals surface area contributed by atoms with Crippen LogP contribution < -0.4 is 5.32 Å². The zero-order valence-corrected chi connectivity index (χ0v) is 15.9. The third kappa shape index (κ3) is 4.57. The molecule has 3 atom stereocenters. The van der Waals surface area contributed by atoms with Crippen LogP contribution in [0.15, 0.2) is 35.3 Å². The van der Waals surface area contributed by atoms with Gasteiger partial charge in [0.15, 0.2) is 5.96 Å². The van der Waals surface area contributed by atoms with E-state index in [1.54, 1.807) is 0 Å². The zero-order chi connectivity index (χ0) is 17.8. The normalized spacial score (nSPS) is 29.8. The molecular weight excluding hydrogens is 324 g/mol. The highest BCUT2D eigenvalue weighted by Gasteiger charge is 2.38. The lowest BCUT2D eigenvalue weighted by Crippen LogP contribution is -2.53. The van der Waals surface area contributed by atoms with Gasteiger partial charge in [0.05, 0.1) is 6.61 Å². The van der Waals surface area contributed by atoms with Crippen molar-refractivity contribution in [2.24, 2.45) is 16.8 Å². The Morgan fingerprint density at radius 3 is 2.69 bits per heavy atom. The second kappa shape index (κ2) is 8.40. The van der Waals surface area contributed by atoms with Crippen LogP contribution in [0.25, 0.3) is 0 Å². The van der Waals surface area contributed by atoms with Crippen molar-refractivity contribution < 1.29 is 4.74 Å². The van der Waals surface area contributed by atoms with Gasteiger partial charge in [-0.3, -0.25) is 9.89 Å². The van der Waals surface area contributed by atoms with E-state index in [0.29, 0.717) is 6.04 Å². The van der Waals surface area contributed by atoms with Crippen LogP contribution in [0.5, 0.6) is 0 Å². The Hall–Kier alpha value is -1.59. The van der Waals surface area contributed by atoms with Crippen molar-refractivity contribution in [3.63, 3.8) is 0 Å². The first kappa shape index (κ1) is 17.8. The van der Waals surface area contributed by atoms with Crippen molar-refractivity contribution in [1.82, 2.24) is 15.1 Å².